The summed E-state index contributed by atoms with van der Waals surface area (Å²) < 4.78 is 42.1. The van der Waals surface area contributed by atoms with Crippen LogP contribution in [0.4, 0.5) is 13.2 Å². The molecule has 0 spiro atoms. The lowest BCUT2D eigenvalue weighted by Gasteiger charge is -2.27. The van der Waals surface area contributed by atoms with Gasteiger partial charge in [-0.05, 0) is 27.7 Å². The zero-order chi connectivity index (χ0) is 16.8. The minimum Gasteiger partial charge on any atom is -0.458 e. The number of rotatable bonds is 5. The minimum absolute atomic E-state index is 0.809. The zero-order valence-electron chi connectivity index (χ0n) is 12.5. The summed E-state index contributed by atoms with van der Waals surface area (Å²) in [5, 5.41) is 1.65. The Kier molecular flexibility index (Phi) is 6.66. The van der Waals surface area contributed by atoms with Gasteiger partial charge in [0.25, 0.3) is 0 Å². The molecular weight excluding hydrogens is 287 g/mol. The molecule has 1 amide bonds. The second-order valence-electron chi connectivity index (χ2n) is 5.32. The topological polar surface area (TPSA) is 55.4 Å². The van der Waals surface area contributed by atoms with Crippen LogP contribution in [0.3, 0.4) is 0 Å². The normalized spacial score (nSPS) is 15.4. The third kappa shape index (κ3) is 6.97. The second kappa shape index (κ2) is 7.28. The summed E-state index contributed by atoms with van der Waals surface area (Å²) in [7, 11) is 0. The number of alkyl halides is 3. The second-order valence-corrected chi connectivity index (χ2v) is 5.32. The Hall–Kier alpha value is -1.79. The van der Waals surface area contributed by atoms with Gasteiger partial charge < -0.3 is 10.1 Å². The first-order valence-corrected chi connectivity index (χ1v) is 6.28. The van der Waals surface area contributed by atoms with Crippen LogP contribution in [0.2, 0.25) is 0 Å². The molecule has 0 radical (unpaired) electrons. The lowest BCUT2D eigenvalue weighted by molar-refractivity contribution is -0.177. The molecule has 0 fully saturated rings. The van der Waals surface area contributed by atoms with Gasteiger partial charge in [-0.1, -0.05) is 18.2 Å². The van der Waals surface area contributed by atoms with Crippen LogP contribution >= 0.6 is 0 Å². The number of carbonyl (C=O) groups is 2. The van der Waals surface area contributed by atoms with E-state index in [1.807, 2.05) is 0 Å². The molecule has 0 heterocycles. The molecule has 0 aromatic rings. The number of esters is 1. The van der Waals surface area contributed by atoms with E-state index in [2.05, 4.69) is 6.58 Å². The molecule has 7 heteroatoms. The predicted octanol–water partition coefficient (Wildman–Crippen LogP) is 2.75. The molecule has 120 valence electrons. The first-order chi connectivity index (χ1) is 9.42. The Morgan fingerprint density at radius 3 is 2.10 bits per heavy atom. The monoisotopic (exact) mass is 307 g/mol. The highest BCUT2D eigenvalue weighted by atomic mass is 19.4. The van der Waals surface area contributed by atoms with Crippen LogP contribution in [0.25, 0.3) is 0 Å². The van der Waals surface area contributed by atoms with Crippen LogP contribution in [0.5, 0.6) is 0 Å². The number of halogens is 3. The average molecular weight is 307 g/mol. The molecule has 0 bridgehead atoms. The molecule has 0 aromatic carbocycles. The number of nitrogens with one attached hydrogen (secondary N) is 1. The summed E-state index contributed by atoms with van der Waals surface area (Å²) in [6.45, 7) is 9.82. The molecule has 0 rings (SSSR count). The molecule has 0 aliphatic rings. The quantitative estimate of drug-likeness (QED) is 0.627. The Bertz CT molecular complexity index is 422. The lowest BCUT2D eigenvalue weighted by Crippen LogP contribution is -2.51. The highest BCUT2D eigenvalue weighted by molar-refractivity contribution is 5.88. The molecule has 0 saturated heterocycles. The van der Waals surface area contributed by atoms with Crippen molar-refractivity contribution in [3.8, 4) is 0 Å². The van der Waals surface area contributed by atoms with Crippen molar-refractivity contribution in [2.24, 2.45) is 5.92 Å². The summed E-state index contributed by atoms with van der Waals surface area (Å²) in [5.41, 5.74) is -0.889. The van der Waals surface area contributed by atoms with Crippen molar-refractivity contribution in [1.29, 1.82) is 0 Å². The Morgan fingerprint density at radius 2 is 1.76 bits per heavy atom. The molecule has 21 heavy (non-hydrogen) atoms. The van der Waals surface area contributed by atoms with Gasteiger partial charge in [-0.2, -0.15) is 13.2 Å². The van der Waals surface area contributed by atoms with Crippen LogP contribution in [0.15, 0.2) is 24.8 Å². The van der Waals surface area contributed by atoms with Gasteiger partial charge in [0.1, 0.15) is 11.6 Å². The fraction of sp³-hybridized carbons (Fsp3) is 0.571. The summed E-state index contributed by atoms with van der Waals surface area (Å²) in [6.07, 6.45) is -0.811. The SMILES string of the molecule is C=C[C@H](/C=C/C)[C@H](NC(=O)C(F)(F)F)C(=O)OC(C)(C)C. The predicted molar refractivity (Wildman–Crippen MR) is 72.3 cm³/mol. The van der Waals surface area contributed by atoms with Gasteiger partial charge in [0, 0.05) is 5.92 Å². The van der Waals surface area contributed by atoms with Crippen molar-refractivity contribution in [3.05, 3.63) is 24.8 Å². The third-order valence-corrected chi connectivity index (χ3v) is 2.28. The summed E-state index contributed by atoms with van der Waals surface area (Å²) in [4.78, 5) is 23.1. The van der Waals surface area contributed by atoms with Crippen molar-refractivity contribution in [1.82, 2.24) is 5.32 Å². The van der Waals surface area contributed by atoms with Crippen LogP contribution in [0.1, 0.15) is 27.7 Å². The maximum absolute atomic E-state index is 12.4. The maximum Gasteiger partial charge on any atom is 0.471 e. The molecule has 0 aromatic heterocycles. The van der Waals surface area contributed by atoms with E-state index < -0.39 is 35.6 Å². The Morgan fingerprint density at radius 1 is 1.24 bits per heavy atom. The number of hydrogen-bond donors (Lipinski definition) is 1. The van der Waals surface area contributed by atoms with Crippen LogP contribution in [-0.2, 0) is 14.3 Å². The van der Waals surface area contributed by atoms with E-state index >= 15 is 0 Å². The third-order valence-electron chi connectivity index (χ3n) is 2.28. The molecule has 2 atom stereocenters. The van der Waals surface area contributed by atoms with Crippen molar-refractivity contribution >= 4 is 11.9 Å². The molecule has 0 aliphatic carbocycles. The van der Waals surface area contributed by atoms with E-state index in [9.17, 15) is 22.8 Å². The Labute approximate surface area is 122 Å². The fourth-order valence-electron chi connectivity index (χ4n) is 1.45. The number of hydrogen-bond acceptors (Lipinski definition) is 3. The summed E-state index contributed by atoms with van der Waals surface area (Å²) >= 11 is 0. The van der Waals surface area contributed by atoms with Gasteiger partial charge in [-0.15, -0.1) is 6.58 Å². The van der Waals surface area contributed by atoms with Crippen molar-refractivity contribution < 1.29 is 27.5 Å². The van der Waals surface area contributed by atoms with Crippen LogP contribution in [-0.4, -0.2) is 29.7 Å². The van der Waals surface area contributed by atoms with Gasteiger partial charge in [-0.25, -0.2) is 4.79 Å². The van der Waals surface area contributed by atoms with Gasteiger partial charge in [0.15, 0.2) is 0 Å². The fourth-order valence-corrected chi connectivity index (χ4v) is 1.45. The minimum atomic E-state index is -5.08. The highest BCUT2D eigenvalue weighted by Crippen LogP contribution is 2.19. The first-order valence-electron chi connectivity index (χ1n) is 6.28. The maximum atomic E-state index is 12.4. The van der Waals surface area contributed by atoms with Crippen LogP contribution in [0, 0.1) is 5.92 Å². The molecule has 1 N–H and O–H groups in total. The van der Waals surface area contributed by atoms with Gasteiger partial charge in [-0.3, -0.25) is 4.79 Å². The first kappa shape index (κ1) is 19.2. The van der Waals surface area contributed by atoms with Crippen molar-refractivity contribution in [2.45, 2.75) is 45.5 Å². The average Bonchev–Trinajstić information content (AvgIpc) is 2.29. The zero-order valence-corrected chi connectivity index (χ0v) is 12.5. The molecule has 4 nitrogen and oxygen atoms in total. The molecule has 0 saturated carbocycles. The largest absolute Gasteiger partial charge is 0.471 e. The highest BCUT2D eigenvalue weighted by Gasteiger charge is 2.42. The van der Waals surface area contributed by atoms with Gasteiger partial charge in [0.2, 0.25) is 0 Å². The van der Waals surface area contributed by atoms with Gasteiger partial charge in [0.05, 0.1) is 0 Å². The molecule has 0 aliphatic heterocycles. The van der Waals surface area contributed by atoms with Crippen molar-refractivity contribution in [3.63, 3.8) is 0 Å². The van der Waals surface area contributed by atoms with E-state index in [4.69, 9.17) is 4.74 Å². The number of carbonyl (C=O) groups excluding carboxylic acids is 2. The van der Waals surface area contributed by atoms with Crippen LogP contribution < -0.4 is 5.32 Å². The summed E-state index contributed by atoms with van der Waals surface area (Å²) in [5.74, 6) is -3.96. The number of ether oxygens (including phenoxy) is 1. The smallest absolute Gasteiger partial charge is 0.458 e. The lowest BCUT2D eigenvalue weighted by atomic mass is 9.98. The van der Waals surface area contributed by atoms with E-state index in [1.165, 1.54) is 12.2 Å². The van der Waals surface area contributed by atoms with Crippen molar-refractivity contribution in [2.75, 3.05) is 0 Å². The number of amides is 1. The van der Waals surface area contributed by atoms with E-state index in [-0.39, 0.29) is 0 Å². The summed E-state index contributed by atoms with van der Waals surface area (Å²) in [6, 6.07) is -1.49. The molecular formula is C14H20F3NO3. The molecule has 0 unspecified atom stereocenters. The van der Waals surface area contributed by atoms with E-state index in [1.54, 1.807) is 39.1 Å². The Balaban J connectivity index is 5.32. The van der Waals surface area contributed by atoms with E-state index in [0.29, 0.717) is 0 Å². The van der Waals surface area contributed by atoms with Gasteiger partial charge >= 0.3 is 18.1 Å². The number of allylic oxidation sites excluding steroid dienone is 1. The standard InChI is InChI=1S/C14H20F3NO3/c1-6-8-9(7-2)10(11(19)21-13(3,4)5)18-12(20)14(15,16)17/h6-10H,2H2,1,3-5H3,(H,18,20)/b8-6+/t9-,10+/m1/s1. The van der Waals surface area contributed by atoms with E-state index in [0.717, 1.165) is 0 Å².